The number of methoxy groups -OCH3 is 1. The van der Waals surface area contributed by atoms with Gasteiger partial charge in [-0.2, -0.15) is 4.99 Å². The van der Waals surface area contributed by atoms with Gasteiger partial charge in [0.25, 0.3) is 0 Å². The average molecular weight is 653 g/mol. The Labute approximate surface area is 269 Å². The Bertz CT molecular complexity index is 1670. The molecule has 242 valence electrons. The fourth-order valence-corrected chi connectivity index (χ4v) is 5.96. The number of halogens is 3. The van der Waals surface area contributed by atoms with Gasteiger partial charge in [-0.05, 0) is 71.8 Å². The lowest BCUT2D eigenvalue weighted by atomic mass is 10.00. The number of rotatable bonds is 9. The van der Waals surface area contributed by atoms with E-state index in [0.717, 1.165) is 46.8 Å². The average Bonchev–Trinajstić information content (AvgIpc) is 3.54. The molecule has 0 spiro atoms. The molecule has 0 aliphatic carbocycles. The molecule has 46 heavy (non-hydrogen) atoms. The van der Waals surface area contributed by atoms with E-state index < -0.39 is 6.36 Å². The third kappa shape index (κ3) is 8.19. The summed E-state index contributed by atoms with van der Waals surface area (Å²) < 4.78 is 48.1. The van der Waals surface area contributed by atoms with Gasteiger partial charge in [-0.3, -0.25) is 0 Å². The fraction of sp³-hybridized carbons (Fsp3) is 0.333. The van der Waals surface area contributed by atoms with Crippen LogP contribution in [0, 0.1) is 0 Å². The van der Waals surface area contributed by atoms with E-state index in [9.17, 15) is 18.0 Å². The molecule has 9 nitrogen and oxygen atoms in total. The van der Waals surface area contributed by atoms with Crippen LogP contribution in [0.1, 0.15) is 50.2 Å². The number of nitrogens with one attached hydrogen (secondary N) is 1. The first kappa shape index (κ1) is 32.9. The van der Waals surface area contributed by atoms with Gasteiger partial charge < -0.3 is 19.7 Å². The van der Waals surface area contributed by atoms with Crippen molar-refractivity contribution in [1.82, 2.24) is 20.1 Å². The number of ether oxygens (including phenoxy) is 2. The van der Waals surface area contributed by atoms with Crippen LogP contribution in [0.25, 0.3) is 17.1 Å². The predicted octanol–water partition coefficient (Wildman–Crippen LogP) is 7.78. The number of aromatic nitrogens is 3. The summed E-state index contributed by atoms with van der Waals surface area (Å²) >= 11 is 1.58. The molecule has 1 aliphatic heterocycles. The second-order valence-corrected chi connectivity index (χ2v) is 12.2. The third-order valence-electron chi connectivity index (χ3n) is 7.46. The van der Waals surface area contributed by atoms with Crippen LogP contribution in [-0.4, -0.2) is 58.3 Å². The van der Waals surface area contributed by atoms with E-state index in [1.165, 1.54) is 35.3 Å². The predicted molar refractivity (Wildman–Crippen MR) is 174 cm³/mol. The van der Waals surface area contributed by atoms with Crippen LogP contribution in [0.3, 0.4) is 0 Å². The van der Waals surface area contributed by atoms with Crippen molar-refractivity contribution in [3.05, 3.63) is 84.2 Å². The van der Waals surface area contributed by atoms with E-state index in [4.69, 9.17) is 4.74 Å². The first-order valence-electron chi connectivity index (χ1n) is 14.8. The van der Waals surface area contributed by atoms with Crippen molar-refractivity contribution >= 4 is 28.6 Å². The number of urea groups is 1. The molecule has 0 saturated carbocycles. The van der Waals surface area contributed by atoms with Crippen LogP contribution < -0.4 is 19.7 Å². The van der Waals surface area contributed by atoms with E-state index >= 15 is 0 Å². The van der Waals surface area contributed by atoms with Gasteiger partial charge in [0.2, 0.25) is 0 Å². The van der Waals surface area contributed by atoms with E-state index in [1.54, 1.807) is 18.9 Å². The molecule has 1 fully saturated rings. The Kier molecular flexibility index (Phi) is 10.2. The maximum absolute atomic E-state index is 12.9. The van der Waals surface area contributed by atoms with E-state index in [1.807, 2.05) is 49.4 Å². The van der Waals surface area contributed by atoms with Gasteiger partial charge in [-0.25, -0.2) is 14.5 Å². The van der Waals surface area contributed by atoms with Crippen molar-refractivity contribution in [3.63, 3.8) is 0 Å². The maximum Gasteiger partial charge on any atom is 0.573 e. The van der Waals surface area contributed by atoms with E-state index in [2.05, 4.69) is 43.9 Å². The molecular formula is C33H35F3N6O3S. The van der Waals surface area contributed by atoms with Crippen molar-refractivity contribution in [3.8, 4) is 28.6 Å². The van der Waals surface area contributed by atoms with Gasteiger partial charge in [0.15, 0.2) is 11.0 Å². The van der Waals surface area contributed by atoms with Crippen molar-refractivity contribution < 1.29 is 27.4 Å². The van der Waals surface area contributed by atoms with Gasteiger partial charge >= 0.3 is 12.4 Å². The number of benzene rings is 3. The second-order valence-electron chi connectivity index (χ2n) is 11.1. The molecule has 0 radical (unpaired) electrons. The van der Waals surface area contributed by atoms with Crippen LogP contribution in [0.4, 0.5) is 23.7 Å². The van der Waals surface area contributed by atoms with Crippen molar-refractivity contribution in [2.24, 2.45) is 4.99 Å². The fourth-order valence-electron chi connectivity index (χ4n) is 5.01. The molecule has 2 amide bonds. The number of hydrogen-bond donors (Lipinski definition) is 1. The Morgan fingerprint density at radius 3 is 2.43 bits per heavy atom. The first-order valence-corrected chi connectivity index (χ1v) is 15.8. The molecule has 1 saturated heterocycles. The Balaban J connectivity index is 1.20. The highest BCUT2D eigenvalue weighted by molar-refractivity contribution is 8.14. The zero-order valence-corrected chi connectivity index (χ0v) is 26.7. The van der Waals surface area contributed by atoms with Crippen LogP contribution in [0.2, 0.25) is 0 Å². The molecule has 1 unspecified atom stereocenters. The number of alkyl halides is 3. The quantitative estimate of drug-likeness (QED) is 0.197. The smallest absolute Gasteiger partial charge is 0.497 e. The number of amidine groups is 1. The van der Waals surface area contributed by atoms with Crippen molar-refractivity contribution in [1.29, 1.82) is 0 Å². The maximum atomic E-state index is 12.9. The lowest BCUT2D eigenvalue weighted by Gasteiger charge is -2.32. The summed E-state index contributed by atoms with van der Waals surface area (Å²) in [4.78, 5) is 23.9. The molecule has 0 bridgehead atoms. The minimum absolute atomic E-state index is 0.0189. The highest BCUT2D eigenvalue weighted by atomic mass is 32.2. The summed E-state index contributed by atoms with van der Waals surface area (Å²) in [5, 5.41) is 8.09. The number of thioether (sulfide) groups is 1. The van der Waals surface area contributed by atoms with Crippen LogP contribution >= 0.6 is 11.8 Å². The highest BCUT2D eigenvalue weighted by Gasteiger charge is 2.31. The number of carbonyl (C=O) groups excluding carboxylic acids is 1. The van der Waals surface area contributed by atoms with Crippen LogP contribution in [0.15, 0.2) is 78.0 Å². The SMILES string of the molecule is COc1ccc(N2CCCSC2=NC(=O)NCC(C)c2ccc(-c3ncn(-c4ccc(OC(F)(F)F)cc4)n3)cc2)c(C(C)C)c1. The summed E-state index contributed by atoms with van der Waals surface area (Å²) in [6.45, 7) is 7.48. The number of amides is 2. The summed E-state index contributed by atoms with van der Waals surface area (Å²) in [6, 6.07) is 18.7. The van der Waals surface area contributed by atoms with Gasteiger partial charge in [0, 0.05) is 30.1 Å². The number of carbonyl (C=O) groups is 1. The standard InChI is InChI=1S/C33H35F3N6O3S/c1-21(2)28-18-27(44-4)14-15-29(28)41-16-5-17-46-32(41)39-31(43)37-19-22(3)23-6-8-24(9-7-23)30-38-20-42(40-30)25-10-12-26(13-11-25)45-33(34,35)36/h6-15,18,20-22H,5,16-17,19H2,1-4H3,(H,37,43). The molecule has 3 aromatic carbocycles. The number of anilines is 1. The summed E-state index contributed by atoms with van der Waals surface area (Å²) in [5.74, 6) is 2.14. The summed E-state index contributed by atoms with van der Waals surface area (Å²) in [7, 11) is 1.66. The molecule has 4 aromatic rings. The van der Waals surface area contributed by atoms with Gasteiger partial charge in [0.1, 0.15) is 17.8 Å². The molecule has 5 rings (SSSR count). The molecule has 1 aliphatic rings. The molecule has 1 aromatic heterocycles. The van der Waals surface area contributed by atoms with Crippen molar-refractivity contribution in [2.45, 2.75) is 45.4 Å². The van der Waals surface area contributed by atoms with Crippen LogP contribution in [0.5, 0.6) is 11.5 Å². The van der Waals surface area contributed by atoms with E-state index in [-0.39, 0.29) is 23.6 Å². The minimum Gasteiger partial charge on any atom is -0.497 e. The first-order chi connectivity index (χ1) is 22.0. The van der Waals surface area contributed by atoms with Crippen molar-refractivity contribution in [2.75, 3.05) is 30.9 Å². The highest BCUT2D eigenvalue weighted by Crippen LogP contribution is 2.35. The minimum atomic E-state index is -4.75. The largest absolute Gasteiger partial charge is 0.573 e. The Morgan fingerprint density at radius 1 is 1.04 bits per heavy atom. The topological polar surface area (TPSA) is 93.9 Å². The zero-order valence-electron chi connectivity index (χ0n) is 25.9. The number of aliphatic imine (C=N–C) groups is 1. The van der Waals surface area contributed by atoms with E-state index in [0.29, 0.717) is 23.2 Å². The van der Waals surface area contributed by atoms with Crippen LogP contribution in [-0.2, 0) is 0 Å². The molecule has 13 heteroatoms. The van der Waals surface area contributed by atoms with Gasteiger partial charge in [-0.15, -0.1) is 18.3 Å². The summed E-state index contributed by atoms with van der Waals surface area (Å²) in [5.41, 5.74) is 4.51. The monoisotopic (exact) mass is 652 g/mol. The Hall–Kier alpha value is -4.52. The number of nitrogens with zero attached hydrogens (tertiary/aromatic N) is 5. The second kappa shape index (κ2) is 14.3. The molecule has 2 heterocycles. The molecule has 1 atom stereocenters. The normalized spacial score (nSPS) is 15.2. The summed E-state index contributed by atoms with van der Waals surface area (Å²) in [6.07, 6.45) is -2.27. The third-order valence-corrected chi connectivity index (χ3v) is 8.52. The van der Waals surface area contributed by atoms with Gasteiger partial charge in [0.05, 0.1) is 12.8 Å². The molecule has 1 N–H and O–H groups in total. The zero-order chi connectivity index (χ0) is 32.8. The Morgan fingerprint density at radius 2 is 1.76 bits per heavy atom. The lowest BCUT2D eigenvalue weighted by Crippen LogP contribution is -2.36. The number of hydrogen-bond acceptors (Lipinski definition) is 6. The van der Waals surface area contributed by atoms with Gasteiger partial charge in [-0.1, -0.05) is 56.8 Å². The lowest BCUT2D eigenvalue weighted by molar-refractivity contribution is -0.274. The molecular weight excluding hydrogens is 617 g/mol.